The lowest BCUT2D eigenvalue weighted by Crippen LogP contribution is -2.30. The molecule has 0 saturated carbocycles. The Morgan fingerprint density at radius 3 is 2.47 bits per heavy atom. The molecule has 0 aliphatic carbocycles. The molecule has 0 fully saturated rings. The number of methoxy groups -OCH3 is 1. The molecule has 0 spiro atoms. The van der Waals surface area contributed by atoms with E-state index in [9.17, 15) is 9.59 Å². The molecule has 0 unspecified atom stereocenters. The summed E-state index contributed by atoms with van der Waals surface area (Å²) in [5.74, 6) is -1.60. The number of carboxylic acids is 1. The Hall–Kier alpha value is -1.18. The van der Waals surface area contributed by atoms with Crippen LogP contribution in [0, 0.1) is 0 Å². The largest absolute Gasteiger partial charge is 0.480 e. The van der Waals surface area contributed by atoms with Crippen LogP contribution in [0.4, 0.5) is 0 Å². The fourth-order valence-corrected chi connectivity index (χ4v) is 0.928. The van der Waals surface area contributed by atoms with E-state index in [1.165, 1.54) is 0 Å². The van der Waals surface area contributed by atoms with Crippen molar-refractivity contribution in [3.63, 3.8) is 0 Å². The summed E-state index contributed by atoms with van der Waals surface area (Å²) in [6, 6.07) is -1.03. The molecule has 0 aliphatic rings. The van der Waals surface area contributed by atoms with Crippen LogP contribution >= 0.6 is 0 Å². The average Bonchev–Trinajstić information content (AvgIpc) is 2.30. The van der Waals surface area contributed by atoms with Crippen molar-refractivity contribution in [1.29, 1.82) is 0 Å². The van der Waals surface area contributed by atoms with Gasteiger partial charge in [-0.25, -0.2) is 0 Å². The van der Waals surface area contributed by atoms with Crippen molar-refractivity contribution >= 4 is 11.9 Å². The number of carboxylic acid groups (broad SMARTS) is 1. The molecule has 0 aromatic heterocycles. The molecule has 0 bridgehead atoms. The predicted octanol–water partition coefficient (Wildman–Crippen LogP) is -0.615. The topological polar surface area (TPSA) is 108 Å². The van der Waals surface area contributed by atoms with E-state index in [0.29, 0.717) is 19.8 Å². The van der Waals surface area contributed by atoms with Crippen molar-refractivity contribution < 1.29 is 28.9 Å². The number of esters is 1. The molecule has 7 nitrogen and oxygen atoms in total. The van der Waals surface area contributed by atoms with Gasteiger partial charge in [-0.05, 0) is 6.42 Å². The van der Waals surface area contributed by atoms with Crippen molar-refractivity contribution in [3.05, 3.63) is 0 Å². The molecule has 7 heteroatoms. The van der Waals surface area contributed by atoms with E-state index in [4.69, 9.17) is 25.1 Å². The fourth-order valence-electron chi connectivity index (χ4n) is 0.928. The van der Waals surface area contributed by atoms with Crippen molar-refractivity contribution in [2.45, 2.75) is 18.9 Å². The molecule has 1 atom stereocenters. The lowest BCUT2D eigenvalue weighted by molar-refractivity contribution is -0.146. The van der Waals surface area contributed by atoms with E-state index in [1.807, 2.05) is 0 Å². The first-order chi connectivity index (χ1) is 8.07. The zero-order valence-electron chi connectivity index (χ0n) is 9.89. The van der Waals surface area contributed by atoms with Gasteiger partial charge in [-0.2, -0.15) is 0 Å². The van der Waals surface area contributed by atoms with Crippen molar-refractivity contribution in [2.75, 3.05) is 33.5 Å². The second-order valence-electron chi connectivity index (χ2n) is 3.31. The van der Waals surface area contributed by atoms with Crippen LogP contribution in [-0.2, 0) is 23.8 Å². The lowest BCUT2D eigenvalue weighted by Gasteiger charge is -2.07. The van der Waals surface area contributed by atoms with Gasteiger partial charge in [0, 0.05) is 13.5 Å². The number of ether oxygens (including phenoxy) is 3. The highest BCUT2D eigenvalue weighted by Gasteiger charge is 2.13. The molecule has 0 saturated heterocycles. The van der Waals surface area contributed by atoms with E-state index in [1.54, 1.807) is 7.11 Å². The molecule has 17 heavy (non-hydrogen) atoms. The molecule has 0 radical (unpaired) electrons. The summed E-state index contributed by atoms with van der Waals surface area (Å²) in [6.07, 6.45) is 0.0598. The Morgan fingerprint density at radius 2 is 1.88 bits per heavy atom. The van der Waals surface area contributed by atoms with Crippen LogP contribution in [0.5, 0.6) is 0 Å². The summed E-state index contributed by atoms with van der Waals surface area (Å²) in [5.41, 5.74) is 5.23. The second kappa shape index (κ2) is 10.0. The summed E-state index contributed by atoms with van der Waals surface area (Å²) in [6.45, 7) is 1.37. The van der Waals surface area contributed by atoms with Gasteiger partial charge in [-0.1, -0.05) is 0 Å². The fraction of sp³-hybridized carbons (Fsp3) is 0.800. The van der Waals surface area contributed by atoms with Gasteiger partial charge in [-0.15, -0.1) is 0 Å². The highest BCUT2D eigenvalue weighted by atomic mass is 16.6. The Bertz CT molecular complexity index is 233. The third-order valence-electron chi connectivity index (χ3n) is 1.90. The number of carbonyl (C=O) groups is 2. The quantitative estimate of drug-likeness (QED) is 0.392. The molecule has 0 amide bonds. The summed E-state index contributed by atoms with van der Waals surface area (Å²) >= 11 is 0. The molecule has 3 N–H and O–H groups in total. The maximum atomic E-state index is 11.1. The SMILES string of the molecule is COCCOCCOC(=O)CC[C@@H](N)C(=O)O. The van der Waals surface area contributed by atoms with Crippen LogP contribution in [-0.4, -0.2) is 56.6 Å². The normalized spacial score (nSPS) is 12.1. The van der Waals surface area contributed by atoms with Crippen LogP contribution in [0.2, 0.25) is 0 Å². The molecule has 0 rings (SSSR count). The minimum Gasteiger partial charge on any atom is -0.480 e. The van der Waals surface area contributed by atoms with Gasteiger partial charge >= 0.3 is 11.9 Å². The highest BCUT2D eigenvalue weighted by Crippen LogP contribution is 1.97. The zero-order chi connectivity index (χ0) is 13.1. The van der Waals surface area contributed by atoms with E-state index < -0.39 is 18.0 Å². The van der Waals surface area contributed by atoms with Gasteiger partial charge in [0.1, 0.15) is 12.6 Å². The van der Waals surface area contributed by atoms with Crippen LogP contribution < -0.4 is 5.73 Å². The Labute approximate surface area is 99.8 Å². The van der Waals surface area contributed by atoms with Crippen molar-refractivity contribution in [3.8, 4) is 0 Å². The van der Waals surface area contributed by atoms with Crippen molar-refractivity contribution in [1.82, 2.24) is 0 Å². The predicted molar refractivity (Wildman–Crippen MR) is 58.5 cm³/mol. The van der Waals surface area contributed by atoms with E-state index >= 15 is 0 Å². The number of nitrogens with two attached hydrogens (primary N) is 1. The Kier molecular flexibility index (Phi) is 9.31. The summed E-state index contributed by atoms with van der Waals surface area (Å²) in [4.78, 5) is 21.5. The number of hydrogen-bond acceptors (Lipinski definition) is 6. The van der Waals surface area contributed by atoms with E-state index in [2.05, 4.69) is 0 Å². The first-order valence-electron chi connectivity index (χ1n) is 5.28. The van der Waals surface area contributed by atoms with Crippen LogP contribution in [0.3, 0.4) is 0 Å². The van der Waals surface area contributed by atoms with E-state index in [0.717, 1.165) is 0 Å². The third kappa shape index (κ3) is 9.73. The first-order valence-corrected chi connectivity index (χ1v) is 5.28. The number of hydrogen-bond donors (Lipinski definition) is 2. The Balaban J connectivity index is 3.38. The van der Waals surface area contributed by atoms with Crippen molar-refractivity contribution in [2.24, 2.45) is 5.73 Å². The van der Waals surface area contributed by atoms with Crippen LogP contribution in [0.15, 0.2) is 0 Å². The minimum atomic E-state index is -1.12. The molecule has 0 aromatic rings. The van der Waals surface area contributed by atoms with Gasteiger partial charge in [-0.3, -0.25) is 9.59 Å². The standard InChI is InChI=1S/C10H19NO6/c1-15-4-5-16-6-7-17-9(12)3-2-8(11)10(13)14/h8H,2-7,11H2,1H3,(H,13,14)/t8-/m1/s1. The summed E-state index contributed by atoms with van der Waals surface area (Å²) < 4.78 is 14.6. The Morgan fingerprint density at radius 1 is 1.24 bits per heavy atom. The number of carbonyl (C=O) groups excluding carboxylic acids is 1. The monoisotopic (exact) mass is 249 g/mol. The smallest absolute Gasteiger partial charge is 0.320 e. The van der Waals surface area contributed by atoms with Gasteiger partial charge in [0.05, 0.1) is 19.8 Å². The van der Waals surface area contributed by atoms with Gasteiger partial charge < -0.3 is 25.1 Å². The maximum absolute atomic E-state index is 11.1. The van der Waals surface area contributed by atoms with Crippen LogP contribution in [0.1, 0.15) is 12.8 Å². The molecule has 100 valence electrons. The number of aliphatic carboxylic acids is 1. The highest BCUT2D eigenvalue weighted by molar-refractivity contribution is 5.75. The molecular weight excluding hydrogens is 230 g/mol. The molecule has 0 aliphatic heterocycles. The lowest BCUT2D eigenvalue weighted by atomic mass is 10.2. The minimum absolute atomic E-state index is 0.00840. The molecule has 0 aromatic carbocycles. The zero-order valence-corrected chi connectivity index (χ0v) is 9.89. The summed E-state index contributed by atoms with van der Waals surface area (Å²) in [5, 5.41) is 8.48. The first kappa shape index (κ1) is 15.8. The van der Waals surface area contributed by atoms with Gasteiger partial charge in [0.25, 0.3) is 0 Å². The molecular formula is C10H19NO6. The third-order valence-corrected chi connectivity index (χ3v) is 1.90. The average molecular weight is 249 g/mol. The maximum Gasteiger partial charge on any atom is 0.320 e. The van der Waals surface area contributed by atoms with E-state index in [-0.39, 0.29) is 19.4 Å². The summed E-state index contributed by atoms with van der Waals surface area (Å²) in [7, 11) is 1.56. The molecule has 0 heterocycles. The second-order valence-corrected chi connectivity index (χ2v) is 3.31. The van der Waals surface area contributed by atoms with Crippen LogP contribution in [0.25, 0.3) is 0 Å². The van der Waals surface area contributed by atoms with Gasteiger partial charge in [0.15, 0.2) is 0 Å². The van der Waals surface area contributed by atoms with Gasteiger partial charge in [0.2, 0.25) is 0 Å². The number of rotatable bonds is 10.